The van der Waals surface area contributed by atoms with Gasteiger partial charge in [-0.2, -0.15) is 0 Å². The quantitative estimate of drug-likeness (QED) is 0.178. The van der Waals surface area contributed by atoms with E-state index >= 15 is 0 Å². The van der Waals surface area contributed by atoms with Gasteiger partial charge in [-0.1, -0.05) is 64.5 Å². The number of benzene rings is 3. The maximum atomic E-state index is 9.64. The fourth-order valence-electron chi connectivity index (χ4n) is 3.33. The van der Waals surface area contributed by atoms with E-state index in [0.717, 1.165) is 33.7 Å². The van der Waals surface area contributed by atoms with Gasteiger partial charge in [-0.25, -0.2) is 0 Å². The molecule has 0 atom stereocenters. The van der Waals surface area contributed by atoms with E-state index in [1.54, 1.807) is 36.4 Å². The first-order valence-corrected chi connectivity index (χ1v) is 9.42. The normalized spacial score (nSPS) is 12.3. The first kappa shape index (κ1) is 19.6. The van der Waals surface area contributed by atoms with Crippen LogP contribution in [0.2, 0.25) is 0 Å². The molecule has 146 valence electrons. The fourth-order valence-corrected chi connectivity index (χ4v) is 3.33. The Kier molecular flexibility index (Phi) is 5.54. The van der Waals surface area contributed by atoms with Gasteiger partial charge < -0.3 is 5.41 Å². The van der Waals surface area contributed by atoms with Gasteiger partial charge in [-0.15, -0.1) is 0 Å². The summed E-state index contributed by atoms with van der Waals surface area (Å²) in [6.07, 6.45) is 7.05. The summed E-state index contributed by atoms with van der Waals surface area (Å²) >= 11 is 0. The van der Waals surface area contributed by atoms with Crippen molar-refractivity contribution in [2.75, 3.05) is 0 Å². The van der Waals surface area contributed by atoms with Crippen LogP contribution in [0.15, 0.2) is 101 Å². The van der Waals surface area contributed by atoms with Gasteiger partial charge >= 0.3 is 0 Å². The first-order valence-electron chi connectivity index (χ1n) is 9.42. The molecule has 7 nitrogen and oxygen atoms in total. The molecule has 7 heteroatoms. The molecule has 0 radical (unpaired) electrons. The zero-order chi connectivity index (χ0) is 21.6. The third kappa shape index (κ3) is 4.49. The van der Waals surface area contributed by atoms with Gasteiger partial charge in [0.15, 0.2) is 0 Å². The zero-order valence-electron chi connectivity index (χ0n) is 16.3. The van der Waals surface area contributed by atoms with Crippen molar-refractivity contribution < 1.29 is 0 Å². The molecule has 31 heavy (non-hydrogen) atoms. The highest BCUT2D eigenvalue weighted by Gasteiger charge is 2.17. The second kappa shape index (κ2) is 8.76. The molecule has 0 amide bonds. The van der Waals surface area contributed by atoms with Gasteiger partial charge in [0.05, 0.1) is 11.5 Å². The number of hydrogen-bond acceptors (Lipinski definition) is 2. The van der Waals surface area contributed by atoms with Crippen molar-refractivity contribution in [1.82, 2.24) is 0 Å². The summed E-state index contributed by atoms with van der Waals surface area (Å²) in [5.74, 6) is 0.970. The van der Waals surface area contributed by atoms with Gasteiger partial charge in [0.25, 0.3) is 0 Å². The van der Waals surface area contributed by atoms with Crippen molar-refractivity contribution in [3.05, 3.63) is 129 Å². The summed E-state index contributed by atoms with van der Waals surface area (Å²) in [5.41, 5.74) is 23.5. The maximum absolute atomic E-state index is 9.64. The summed E-state index contributed by atoms with van der Waals surface area (Å²) in [7, 11) is 0. The Hall–Kier alpha value is -4.70. The number of allylic oxidation sites excluding steroid dienone is 4. The molecule has 1 aliphatic carbocycles. The summed E-state index contributed by atoms with van der Waals surface area (Å²) in [6, 6.07) is 21.0. The standard InChI is InChI=1S/C24H15N7/c25-22-7-1-16(2-8-22)19-13-20(17-3-9-23(10-4-17)28-30-26)15-21(14-19)18-5-11-24(12-6-18)29-31-27/h1-15H. The van der Waals surface area contributed by atoms with Gasteiger partial charge in [-0.05, 0) is 40.4 Å². The second-order valence-corrected chi connectivity index (χ2v) is 6.82. The molecule has 0 aliphatic heterocycles. The predicted molar refractivity (Wildman–Crippen MR) is 124 cm³/mol. The van der Waals surface area contributed by atoms with Crippen LogP contribution >= 0.6 is 0 Å². The Morgan fingerprint density at radius 1 is 0.613 bits per heavy atom. The van der Waals surface area contributed by atoms with Crippen LogP contribution < -0.4 is 0 Å². The highest BCUT2D eigenvalue weighted by atomic mass is 15.1. The van der Waals surface area contributed by atoms with Crippen molar-refractivity contribution >= 4 is 17.1 Å². The third-order valence-corrected chi connectivity index (χ3v) is 4.86. The van der Waals surface area contributed by atoms with E-state index in [1.165, 1.54) is 0 Å². The van der Waals surface area contributed by atoms with Crippen LogP contribution in [0.3, 0.4) is 0 Å². The molecule has 0 heterocycles. The molecule has 3 aromatic carbocycles. The topological polar surface area (TPSA) is 120 Å². The van der Waals surface area contributed by atoms with Crippen molar-refractivity contribution in [1.29, 1.82) is 0 Å². The number of nitrogens with zero attached hydrogens (tertiary/aromatic N) is 7. The third-order valence-electron chi connectivity index (χ3n) is 4.86. The Morgan fingerprint density at radius 2 is 1.06 bits per heavy atom. The van der Waals surface area contributed by atoms with E-state index in [0.29, 0.717) is 11.4 Å². The number of rotatable bonds is 5. The fraction of sp³-hybridized carbons (Fsp3) is 0. The Balaban J connectivity index is 1.81. The van der Waals surface area contributed by atoms with E-state index in [4.69, 9.17) is 11.1 Å². The van der Waals surface area contributed by atoms with Crippen molar-refractivity contribution in [2.24, 2.45) is 10.2 Å². The van der Waals surface area contributed by atoms with Crippen LogP contribution in [0.25, 0.3) is 48.5 Å². The van der Waals surface area contributed by atoms with Crippen LogP contribution in [0, 0.1) is 5.92 Å². The van der Waals surface area contributed by atoms with E-state index in [1.807, 2.05) is 36.4 Å². The minimum Gasteiger partial charge on any atom is -0.789 e. The molecule has 0 N–H and O–H groups in total. The molecule has 0 saturated heterocycles. The van der Waals surface area contributed by atoms with Crippen molar-refractivity contribution in [3.8, 4) is 22.3 Å². The van der Waals surface area contributed by atoms with Gasteiger partial charge in [0, 0.05) is 56.6 Å². The molecule has 4 rings (SSSR count). The summed E-state index contributed by atoms with van der Waals surface area (Å²) in [5, 5.41) is 16.9. The average Bonchev–Trinajstić information content (AvgIpc) is 2.81. The molecule has 0 fully saturated rings. The van der Waals surface area contributed by atoms with E-state index < -0.39 is 0 Å². The molecular formula is C24H15N7. The summed E-state index contributed by atoms with van der Waals surface area (Å²) in [6.45, 7) is 0. The highest BCUT2D eigenvalue weighted by Crippen LogP contribution is 2.34. The molecule has 0 spiro atoms. The SMILES string of the molecule is [N-]=[N+]=Nc1ccc(-c2cc(-c3ccc(N=[N+]=[N-])cc3)cc([C+]3C=CC(=[N-])C=C3)c2)cc1. The number of hydrogen-bond donors (Lipinski definition) is 0. The lowest BCUT2D eigenvalue weighted by molar-refractivity contribution is 1.35. The van der Waals surface area contributed by atoms with Crippen LogP contribution in [0.1, 0.15) is 5.56 Å². The lowest BCUT2D eigenvalue weighted by Crippen LogP contribution is -2.00. The van der Waals surface area contributed by atoms with E-state index in [2.05, 4.69) is 38.3 Å². The average molecular weight is 401 g/mol. The van der Waals surface area contributed by atoms with E-state index in [-0.39, 0.29) is 5.71 Å². The minimum absolute atomic E-state index is 0.211. The lowest BCUT2D eigenvalue weighted by Gasteiger charge is -2.12. The maximum Gasteiger partial charge on any atom is 0.0805 e. The molecular weight excluding hydrogens is 386 g/mol. The molecule has 1 aliphatic rings. The summed E-state index contributed by atoms with van der Waals surface area (Å²) < 4.78 is 0. The molecule has 0 saturated carbocycles. The molecule has 3 aromatic rings. The monoisotopic (exact) mass is 401 g/mol. The number of azide groups is 2. The van der Waals surface area contributed by atoms with Crippen LogP contribution in [-0.2, 0) is 0 Å². The predicted octanol–water partition coefficient (Wildman–Crippen LogP) is 7.96. The zero-order valence-corrected chi connectivity index (χ0v) is 16.3. The van der Waals surface area contributed by atoms with Crippen molar-refractivity contribution in [2.45, 2.75) is 0 Å². The highest BCUT2D eigenvalue weighted by molar-refractivity contribution is 6.08. The van der Waals surface area contributed by atoms with Crippen LogP contribution in [0.5, 0.6) is 0 Å². The Morgan fingerprint density at radius 3 is 1.48 bits per heavy atom. The first-order chi connectivity index (χ1) is 15.2. The lowest BCUT2D eigenvalue weighted by atomic mass is 9.88. The van der Waals surface area contributed by atoms with Crippen molar-refractivity contribution in [3.63, 3.8) is 0 Å². The van der Waals surface area contributed by atoms with E-state index in [9.17, 15) is 5.41 Å². The molecule has 0 bridgehead atoms. The van der Waals surface area contributed by atoms with Gasteiger partial charge in [0.2, 0.25) is 0 Å². The second-order valence-electron chi connectivity index (χ2n) is 6.82. The van der Waals surface area contributed by atoms with Gasteiger partial charge in [-0.3, -0.25) is 0 Å². The van der Waals surface area contributed by atoms with Gasteiger partial charge in [0.1, 0.15) is 0 Å². The largest absolute Gasteiger partial charge is 0.789 e. The van der Waals surface area contributed by atoms with Crippen LogP contribution in [0.4, 0.5) is 11.4 Å². The Labute approximate surface area is 178 Å². The molecule has 0 unspecified atom stereocenters. The smallest absolute Gasteiger partial charge is 0.0805 e. The Bertz CT molecular complexity index is 1190. The summed E-state index contributed by atoms with van der Waals surface area (Å²) in [4.78, 5) is 5.64. The molecule has 0 aromatic heterocycles. The van der Waals surface area contributed by atoms with Crippen LogP contribution in [-0.4, -0.2) is 5.71 Å². The minimum atomic E-state index is 0.211.